The van der Waals surface area contributed by atoms with Crippen molar-refractivity contribution < 1.29 is 4.74 Å². The molecule has 0 fully saturated rings. The van der Waals surface area contributed by atoms with Gasteiger partial charge in [-0.25, -0.2) is 0 Å². The van der Waals surface area contributed by atoms with Crippen LogP contribution in [0.25, 0.3) is 0 Å². The molecular formula is C13H29NO. The molecule has 0 aliphatic carbocycles. The lowest BCUT2D eigenvalue weighted by atomic mass is 9.89. The van der Waals surface area contributed by atoms with Gasteiger partial charge in [0.2, 0.25) is 0 Å². The van der Waals surface area contributed by atoms with Gasteiger partial charge in [-0.15, -0.1) is 0 Å². The van der Waals surface area contributed by atoms with E-state index in [1.165, 1.54) is 32.1 Å². The van der Waals surface area contributed by atoms with Crippen molar-refractivity contribution in [3.05, 3.63) is 0 Å². The second-order valence-electron chi connectivity index (χ2n) is 4.53. The topological polar surface area (TPSA) is 21.3 Å². The quantitative estimate of drug-likeness (QED) is 0.605. The smallest absolute Gasteiger partial charge is 0.0502 e. The fourth-order valence-electron chi connectivity index (χ4n) is 2.19. The van der Waals surface area contributed by atoms with Crippen LogP contribution in [0.15, 0.2) is 0 Å². The molecular weight excluding hydrogens is 186 g/mol. The van der Waals surface area contributed by atoms with Gasteiger partial charge < -0.3 is 10.1 Å². The molecule has 0 aromatic heterocycles. The van der Waals surface area contributed by atoms with E-state index in [4.69, 9.17) is 4.74 Å². The van der Waals surface area contributed by atoms with Crippen LogP contribution in [-0.2, 0) is 4.74 Å². The lowest BCUT2D eigenvalue weighted by Crippen LogP contribution is -2.25. The van der Waals surface area contributed by atoms with Gasteiger partial charge in [-0.3, -0.25) is 0 Å². The van der Waals surface area contributed by atoms with Gasteiger partial charge in [-0.05, 0) is 31.8 Å². The van der Waals surface area contributed by atoms with Crippen LogP contribution in [0.3, 0.4) is 0 Å². The van der Waals surface area contributed by atoms with Gasteiger partial charge in [0.05, 0.1) is 6.61 Å². The van der Waals surface area contributed by atoms with Crippen molar-refractivity contribution in [3.8, 4) is 0 Å². The van der Waals surface area contributed by atoms with Gasteiger partial charge in [-0.2, -0.15) is 0 Å². The third-order valence-electron chi connectivity index (χ3n) is 3.11. The minimum Gasteiger partial charge on any atom is -0.384 e. The molecule has 0 saturated carbocycles. The molecule has 0 rings (SSSR count). The van der Waals surface area contributed by atoms with Crippen LogP contribution in [-0.4, -0.2) is 27.3 Å². The molecule has 2 nitrogen and oxygen atoms in total. The zero-order valence-electron chi connectivity index (χ0n) is 11.0. The number of ether oxygens (including phenoxy) is 1. The van der Waals surface area contributed by atoms with Gasteiger partial charge >= 0.3 is 0 Å². The molecule has 2 atom stereocenters. The summed E-state index contributed by atoms with van der Waals surface area (Å²) < 4.78 is 5.27. The standard InChI is InChI=1S/C13H29NO/c1-5-7-8-12(6-2)9-13(10-14-3)11-15-4/h12-14H,5-11H2,1-4H3. The van der Waals surface area contributed by atoms with Crippen LogP contribution in [0.1, 0.15) is 46.0 Å². The lowest BCUT2D eigenvalue weighted by Gasteiger charge is -2.22. The Bertz CT molecular complexity index is 122. The Morgan fingerprint density at radius 2 is 1.93 bits per heavy atom. The molecule has 0 aromatic rings. The number of unbranched alkanes of at least 4 members (excludes halogenated alkanes) is 1. The average molecular weight is 215 g/mol. The maximum Gasteiger partial charge on any atom is 0.0502 e. The van der Waals surface area contributed by atoms with Crippen molar-refractivity contribution in [2.45, 2.75) is 46.0 Å². The summed E-state index contributed by atoms with van der Waals surface area (Å²) in [5.41, 5.74) is 0. The van der Waals surface area contributed by atoms with Gasteiger partial charge in [0.15, 0.2) is 0 Å². The monoisotopic (exact) mass is 215 g/mol. The molecule has 0 heterocycles. The van der Waals surface area contributed by atoms with E-state index < -0.39 is 0 Å². The normalized spacial score (nSPS) is 15.2. The predicted octanol–water partition coefficient (Wildman–Crippen LogP) is 3.07. The van der Waals surface area contributed by atoms with Crippen LogP contribution < -0.4 is 5.32 Å². The van der Waals surface area contributed by atoms with Gasteiger partial charge in [0.1, 0.15) is 0 Å². The van der Waals surface area contributed by atoms with E-state index in [1.807, 2.05) is 7.05 Å². The first-order valence-corrected chi connectivity index (χ1v) is 6.41. The van der Waals surface area contributed by atoms with Crippen molar-refractivity contribution in [3.63, 3.8) is 0 Å². The Kier molecular flexibility index (Phi) is 10.4. The Labute approximate surface area is 95.8 Å². The van der Waals surface area contributed by atoms with Crippen molar-refractivity contribution in [2.24, 2.45) is 11.8 Å². The average Bonchev–Trinajstić information content (AvgIpc) is 2.24. The van der Waals surface area contributed by atoms with Crippen LogP contribution in [0.5, 0.6) is 0 Å². The molecule has 0 aliphatic heterocycles. The second kappa shape index (κ2) is 10.4. The van der Waals surface area contributed by atoms with E-state index in [9.17, 15) is 0 Å². The van der Waals surface area contributed by atoms with Crippen LogP contribution in [0.2, 0.25) is 0 Å². The number of nitrogens with one attached hydrogen (secondary N) is 1. The zero-order chi connectivity index (χ0) is 11.5. The van der Waals surface area contributed by atoms with Crippen LogP contribution in [0.4, 0.5) is 0 Å². The first-order chi connectivity index (χ1) is 7.28. The molecule has 0 aliphatic rings. The Morgan fingerprint density at radius 3 is 2.40 bits per heavy atom. The third-order valence-corrected chi connectivity index (χ3v) is 3.11. The van der Waals surface area contributed by atoms with Crippen molar-refractivity contribution in [1.82, 2.24) is 5.32 Å². The van der Waals surface area contributed by atoms with E-state index in [0.717, 1.165) is 19.1 Å². The summed E-state index contributed by atoms with van der Waals surface area (Å²) in [6.07, 6.45) is 6.70. The van der Waals surface area contributed by atoms with Crippen molar-refractivity contribution in [2.75, 3.05) is 27.3 Å². The molecule has 2 unspecified atom stereocenters. The van der Waals surface area contributed by atoms with E-state index in [1.54, 1.807) is 7.11 Å². The lowest BCUT2D eigenvalue weighted by molar-refractivity contribution is 0.135. The maximum atomic E-state index is 5.27. The van der Waals surface area contributed by atoms with Crippen molar-refractivity contribution in [1.29, 1.82) is 0 Å². The molecule has 15 heavy (non-hydrogen) atoms. The highest BCUT2D eigenvalue weighted by Gasteiger charge is 2.14. The maximum absolute atomic E-state index is 5.27. The van der Waals surface area contributed by atoms with Crippen LogP contribution >= 0.6 is 0 Å². The summed E-state index contributed by atoms with van der Waals surface area (Å²) in [6, 6.07) is 0. The first kappa shape index (κ1) is 14.9. The molecule has 2 heteroatoms. The van der Waals surface area contributed by atoms with Gasteiger partial charge in [-0.1, -0.05) is 39.5 Å². The molecule has 0 aromatic carbocycles. The Morgan fingerprint density at radius 1 is 1.20 bits per heavy atom. The van der Waals surface area contributed by atoms with Crippen LogP contribution in [0, 0.1) is 11.8 Å². The molecule has 0 radical (unpaired) electrons. The molecule has 0 saturated heterocycles. The first-order valence-electron chi connectivity index (χ1n) is 6.41. The minimum absolute atomic E-state index is 0.682. The molecule has 0 bridgehead atoms. The third kappa shape index (κ3) is 7.80. The Balaban J connectivity index is 3.85. The summed E-state index contributed by atoms with van der Waals surface area (Å²) in [4.78, 5) is 0. The molecule has 0 spiro atoms. The highest BCUT2D eigenvalue weighted by Crippen LogP contribution is 2.21. The van der Waals surface area contributed by atoms with E-state index in [2.05, 4.69) is 19.2 Å². The van der Waals surface area contributed by atoms with E-state index in [-0.39, 0.29) is 0 Å². The van der Waals surface area contributed by atoms with E-state index >= 15 is 0 Å². The highest BCUT2D eigenvalue weighted by molar-refractivity contribution is 4.67. The van der Waals surface area contributed by atoms with E-state index in [0.29, 0.717) is 5.92 Å². The summed E-state index contributed by atoms with van der Waals surface area (Å²) in [6.45, 7) is 6.55. The molecule has 0 amide bonds. The molecule has 1 N–H and O–H groups in total. The number of hydrogen-bond donors (Lipinski definition) is 1. The Hall–Kier alpha value is -0.0800. The number of rotatable bonds is 10. The summed E-state index contributed by atoms with van der Waals surface area (Å²) in [5.74, 6) is 1.57. The number of hydrogen-bond acceptors (Lipinski definition) is 2. The summed E-state index contributed by atoms with van der Waals surface area (Å²) in [7, 11) is 3.82. The summed E-state index contributed by atoms with van der Waals surface area (Å²) >= 11 is 0. The molecule has 92 valence electrons. The zero-order valence-corrected chi connectivity index (χ0v) is 11.0. The fourth-order valence-corrected chi connectivity index (χ4v) is 2.19. The fraction of sp³-hybridized carbons (Fsp3) is 1.00. The SMILES string of the molecule is CCCCC(CC)CC(CNC)COC. The highest BCUT2D eigenvalue weighted by atomic mass is 16.5. The summed E-state index contributed by atoms with van der Waals surface area (Å²) in [5, 5.41) is 3.26. The minimum atomic E-state index is 0.682. The second-order valence-corrected chi connectivity index (χ2v) is 4.53. The predicted molar refractivity (Wildman–Crippen MR) is 67.2 cm³/mol. The largest absolute Gasteiger partial charge is 0.384 e. The number of methoxy groups -OCH3 is 1. The van der Waals surface area contributed by atoms with Gasteiger partial charge in [0, 0.05) is 7.11 Å². The van der Waals surface area contributed by atoms with Gasteiger partial charge in [0.25, 0.3) is 0 Å². The van der Waals surface area contributed by atoms with Crippen molar-refractivity contribution >= 4 is 0 Å².